The first-order valence-corrected chi connectivity index (χ1v) is 21.9. The predicted octanol–water partition coefficient (Wildman–Crippen LogP) is 16.4. The van der Waals surface area contributed by atoms with Crippen molar-refractivity contribution >= 4 is 59.3 Å². The maximum absolute atomic E-state index is 2.59. The molecule has 2 aliphatic rings. The Morgan fingerprint density at radius 2 is 0.852 bits per heavy atom. The first kappa shape index (κ1) is 34.4. The zero-order valence-electron chi connectivity index (χ0n) is 33.2. The maximum atomic E-state index is 2.59. The molecule has 1 heterocycles. The molecule has 0 amide bonds. The molecule has 2 aliphatic carbocycles. The second kappa shape index (κ2) is 13.2. The monoisotopic (exact) mass is 791 g/mol. The summed E-state index contributed by atoms with van der Waals surface area (Å²) in [7, 11) is 0. The van der Waals surface area contributed by atoms with Gasteiger partial charge in [-0.3, -0.25) is 0 Å². The van der Waals surface area contributed by atoms with Gasteiger partial charge in [-0.2, -0.15) is 0 Å². The van der Waals surface area contributed by atoms with E-state index in [0.29, 0.717) is 0 Å². The summed E-state index contributed by atoms with van der Waals surface area (Å²) in [6.07, 6.45) is 0. The molecule has 61 heavy (non-hydrogen) atoms. The van der Waals surface area contributed by atoms with Gasteiger partial charge in [0.15, 0.2) is 0 Å². The molecule has 0 aliphatic heterocycles. The van der Waals surface area contributed by atoms with Gasteiger partial charge < -0.3 is 4.90 Å². The molecule has 0 saturated carbocycles. The summed E-state index contributed by atoms with van der Waals surface area (Å²) < 4.78 is 2.61. The van der Waals surface area contributed by atoms with Gasteiger partial charge in [-0.15, -0.1) is 11.3 Å². The molecular formula is C59H37NS. The van der Waals surface area contributed by atoms with Crippen molar-refractivity contribution in [1.29, 1.82) is 0 Å². The van der Waals surface area contributed by atoms with Gasteiger partial charge in [0.2, 0.25) is 0 Å². The van der Waals surface area contributed by atoms with E-state index in [0.717, 1.165) is 11.4 Å². The Morgan fingerprint density at radius 1 is 0.311 bits per heavy atom. The van der Waals surface area contributed by atoms with Crippen molar-refractivity contribution in [2.24, 2.45) is 0 Å². The fourth-order valence-electron chi connectivity index (χ4n) is 10.8. The highest BCUT2D eigenvalue weighted by Crippen LogP contribution is 2.65. The number of benzene rings is 10. The summed E-state index contributed by atoms with van der Waals surface area (Å²) in [5, 5.41) is 5.05. The third kappa shape index (κ3) is 4.83. The van der Waals surface area contributed by atoms with E-state index >= 15 is 0 Å². The Bertz CT molecular complexity index is 3500. The summed E-state index contributed by atoms with van der Waals surface area (Å²) in [4.78, 5) is 2.59. The van der Waals surface area contributed by atoms with Gasteiger partial charge in [0, 0.05) is 42.1 Å². The highest BCUT2D eigenvalue weighted by atomic mass is 32.1. The average molecular weight is 792 g/mol. The van der Waals surface area contributed by atoms with E-state index in [2.05, 4.69) is 229 Å². The van der Waals surface area contributed by atoms with Crippen LogP contribution in [0.3, 0.4) is 0 Å². The largest absolute Gasteiger partial charge is 0.309 e. The summed E-state index contributed by atoms with van der Waals surface area (Å²) in [5.41, 5.74) is 18.4. The normalized spacial score (nSPS) is 13.0. The minimum atomic E-state index is -0.455. The maximum Gasteiger partial charge on any atom is 0.0726 e. The molecule has 0 bridgehead atoms. The smallest absolute Gasteiger partial charge is 0.0726 e. The van der Waals surface area contributed by atoms with Crippen LogP contribution in [0, 0.1) is 0 Å². The van der Waals surface area contributed by atoms with E-state index in [1.807, 2.05) is 11.3 Å². The van der Waals surface area contributed by atoms with Crippen LogP contribution in [0.1, 0.15) is 22.3 Å². The second-order valence-corrected chi connectivity index (χ2v) is 17.4. The first-order valence-electron chi connectivity index (χ1n) is 21.1. The van der Waals surface area contributed by atoms with Crippen molar-refractivity contribution in [3.05, 3.63) is 247 Å². The fraction of sp³-hybridized carbons (Fsp3) is 0.0169. The van der Waals surface area contributed by atoms with Gasteiger partial charge in [-0.1, -0.05) is 194 Å². The fourth-order valence-corrected chi connectivity index (χ4v) is 12.0. The Hall–Kier alpha value is -7.52. The number of thiophene rings is 1. The van der Waals surface area contributed by atoms with Crippen LogP contribution in [-0.2, 0) is 5.41 Å². The first-order chi connectivity index (χ1) is 30.3. The zero-order chi connectivity index (χ0) is 40.1. The van der Waals surface area contributed by atoms with E-state index in [9.17, 15) is 0 Å². The van der Waals surface area contributed by atoms with Gasteiger partial charge in [0.05, 0.1) is 22.5 Å². The van der Waals surface area contributed by atoms with E-state index in [1.165, 1.54) is 103 Å². The molecule has 0 N–H and O–H groups in total. The van der Waals surface area contributed by atoms with Crippen LogP contribution in [0.5, 0.6) is 0 Å². The van der Waals surface area contributed by atoms with Crippen molar-refractivity contribution in [2.45, 2.75) is 5.41 Å². The molecule has 11 aromatic rings. The van der Waals surface area contributed by atoms with Crippen LogP contribution >= 0.6 is 11.3 Å². The van der Waals surface area contributed by atoms with E-state index in [1.54, 1.807) is 0 Å². The zero-order valence-corrected chi connectivity index (χ0v) is 34.0. The number of anilines is 3. The number of hydrogen-bond donors (Lipinski definition) is 0. The lowest BCUT2D eigenvalue weighted by Crippen LogP contribution is -2.26. The predicted molar refractivity (Wildman–Crippen MR) is 259 cm³/mol. The van der Waals surface area contributed by atoms with Crippen LogP contribution in [0.15, 0.2) is 224 Å². The Balaban J connectivity index is 1.16. The standard InChI is InChI=1S/C59H37NS/c1-3-18-38(19-4-1)40-34-35-56-47(36-40)48-37-55(44-25-7-8-26-45(44)58(48)61-56)60(53-32-16-12-22-41(53)39-20-5-2-6-21-39)54-33-17-31-52-57(54)46-27-11-15-30-51(46)59(52)49-28-13-9-23-42(49)43-24-10-14-29-50(43)59/h1-37H. The van der Waals surface area contributed by atoms with E-state index in [4.69, 9.17) is 0 Å². The van der Waals surface area contributed by atoms with Crippen LogP contribution in [0.4, 0.5) is 17.1 Å². The molecule has 0 radical (unpaired) electrons. The van der Waals surface area contributed by atoms with Gasteiger partial charge in [0.1, 0.15) is 0 Å². The second-order valence-electron chi connectivity index (χ2n) is 16.3. The van der Waals surface area contributed by atoms with Gasteiger partial charge in [-0.25, -0.2) is 0 Å². The summed E-state index contributed by atoms with van der Waals surface area (Å²) in [5.74, 6) is 0. The molecule has 0 unspecified atom stereocenters. The summed E-state index contributed by atoms with van der Waals surface area (Å²) in [6, 6.07) is 83.5. The minimum Gasteiger partial charge on any atom is -0.309 e. The number of nitrogens with zero attached hydrogens (tertiary/aromatic N) is 1. The molecule has 1 aromatic heterocycles. The third-order valence-electron chi connectivity index (χ3n) is 13.3. The number of fused-ring (bicyclic) bond motifs is 15. The topological polar surface area (TPSA) is 3.24 Å². The molecule has 13 rings (SSSR count). The molecule has 284 valence electrons. The number of para-hydroxylation sites is 1. The van der Waals surface area contributed by atoms with Gasteiger partial charge >= 0.3 is 0 Å². The van der Waals surface area contributed by atoms with Crippen molar-refractivity contribution in [3.63, 3.8) is 0 Å². The van der Waals surface area contributed by atoms with Crippen LogP contribution in [0.2, 0.25) is 0 Å². The molecule has 1 nitrogen and oxygen atoms in total. The molecule has 2 heteroatoms. The van der Waals surface area contributed by atoms with Crippen molar-refractivity contribution in [3.8, 4) is 44.5 Å². The van der Waals surface area contributed by atoms with Crippen LogP contribution in [-0.4, -0.2) is 0 Å². The molecule has 0 saturated heterocycles. The van der Waals surface area contributed by atoms with Gasteiger partial charge in [-0.05, 0) is 86.0 Å². The summed E-state index contributed by atoms with van der Waals surface area (Å²) in [6.45, 7) is 0. The lowest BCUT2D eigenvalue weighted by molar-refractivity contribution is 0.794. The highest BCUT2D eigenvalue weighted by Gasteiger charge is 2.52. The minimum absolute atomic E-state index is 0.455. The van der Waals surface area contributed by atoms with Crippen LogP contribution in [0.25, 0.3) is 75.5 Å². The van der Waals surface area contributed by atoms with Crippen LogP contribution < -0.4 is 4.90 Å². The summed E-state index contributed by atoms with van der Waals surface area (Å²) >= 11 is 1.90. The Kier molecular flexibility index (Phi) is 7.46. The highest BCUT2D eigenvalue weighted by molar-refractivity contribution is 7.26. The van der Waals surface area contributed by atoms with E-state index < -0.39 is 5.41 Å². The van der Waals surface area contributed by atoms with Crippen molar-refractivity contribution < 1.29 is 0 Å². The average Bonchev–Trinajstić information content (AvgIpc) is 3.97. The molecule has 10 aromatic carbocycles. The molecular weight excluding hydrogens is 755 g/mol. The number of hydrogen-bond acceptors (Lipinski definition) is 2. The Labute approximate surface area is 359 Å². The molecule has 1 spiro atoms. The lowest BCUT2D eigenvalue weighted by Gasteiger charge is -2.33. The lowest BCUT2D eigenvalue weighted by atomic mass is 9.70. The SMILES string of the molecule is c1ccc(-c2ccc3sc4c5ccccc5c(N(c5ccccc5-c5ccccc5)c5cccc6c5-c5ccccc5C65c6ccccc6-c6ccccc65)cc4c3c2)cc1. The van der Waals surface area contributed by atoms with Gasteiger partial charge in [0.25, 0.3) is 0 Å². The molecule has 0 atom stereocenters. The molecule has 0 fully saturated rings. The van der Waals surface area contributed by atoms with Crippen molar-refractivity contribution in [1.82, 2.24) is 0 Å². The van der Waals surface area contributed by atoms with Crippen molar-refractivity contribution in [2.75, 3.05) is 4.90 Å². The quantitative estimate of drug-likeness (QED) is 0.168. The number of rotatable bonds is 5. The third-order valence-corrected chi connectivity index (χ3v) is 14.5. The van der Waals surface area contributed by atoms with E-state index in [-0.39, 0.29) is 0 Å². The Morgan fingerprint density at radius 3 is 1.57 bits per heavy atom.